The van der Waals surface area contributed by atoms with Crippen molar-refractivity contribution < 1.29 is 62.7 Å². The van der Waals surface area contributed by atoms with Crippen molar-refractivity contribution in [2.45, 2.75) is 136 Å². The molecule has 0 aromatic rings. The van der Waals surface area contributed by atoms with E-state index in [2.05, 4.69) is 6.92 Å². The van der Waals surface area contributed by atoms with E-state index in [0.29, 0.717) is 62.1 Å². The number of cyclic esters (lactones) is 2. The molecular formula is C54H76O13. The Morgan fingerprint density at radius 1 is 0.657 bits per heavy atom. The van der Waals surface area contributed by atoms with Crippen molar-refractivity contribution in [2.24, 2.45) is 142 Å². The highest BCUT2D eigenvalue weighted by Crippen LogP contribution is 2.74. The topological polar surface area (TPSA) is 189 Å². The maximum atomic E-state index is 15.1. The number of aliphatic hydroxyl groups excluding tert-OH is 1. The molecule has 0 amide bonds. The maximum absolute atomic E-state index is 15.1. The fourth-order valence-electron chi connectivity index (χ4n) is 19.5. The summed E-state index contributed by atoms with van der Waals surface area (Å²) in [5.74, 6) is -5.08. The van der Waals surface area contributed by atoms with Crippen LogP contribution in [0.3, 0.4) is 0 Å². The summed E-state index contributed by atoms with van der Waals surface area (Å²) in [5.41, 5.74) is -0.692. The SMILES string of the molecule is CC1C(=O)OC(=O)C1C1C2CC(CC2C(=O)O)C1C1C2CC(C(C(=O)OCOCC3CC4CCC3C4)C2C(=O)OCC2CC3CCC2C3)C1C1C(C)C2CC(C(O)CC(=O)OC(C)(C)C)C1C2. The number of hydrogen-bond acceptors (Lipinski definition) is 12. The Balaban J connectivity index is 0.940. The van der Waals surface area contributed by atoms with Gasteiger partial charge >= 0.3 is 35.8 Å². The Morgan fingerprint density at radius 2 is 1.28 bits per heavy atom. The van der Waals surface area contributed by atoms with Crippen LogP contribution in [0, 0.1) is 142 Å². The number of hydrogen-bond donors (Lipinski definition) is 2. The number of ether oxygens (including phenoxy) is 5. The minimum absolute atomic E-state index is 0.0250. The first-order chi connectivity index (χ1) is 31.9. The average molecular weight is 933 g/mol. The quantitative estimate of drug-likeness (QED) is 0.0546. The second-order valence-corrected chi connectivity index (χ2v) is 25.6. The molecule has 1 heterocycles. The van der Waals surface area contributed by atoms with Crippen molar-refractivity contribution in [1.82, 2.24) is 0 Å². The van der Waals surface area contributed by atoms with E-state index in [-0.39, 0.29) is 90.2 Å². The molecule has 13 nitrogen and oxygen atoms in total. The minimum atomic E-state index is -0.912. The first-order valence-electron chi connectivity index (χ1n) is 26.7. The molecule has 1 saturated heterocycles. The normalized spacial score (nSPS) is 49.0. The van der Waals surface area contributed by atoms with E-state index >= 15 is 4.79 Å². The van der Waals surface area contributed by atoms with Gasteiger partial charge in [0.2, 0.25) is 0 Å². The second kappa shape index (κ2) is 17.4. The molecule has 11 aliphatic rings. The lowest BCUT2D eigenvalue weighted by Crippen LogP contribution is -2.53. The summed E-state index contributed by atoms with van der Waals surface area (Å²) in [4.78, 5) is 83.1. The van der Waals surface area contributed by atoms with Gasteiger partial charge in [0.15, 0.2) is 6.79 Å². The van der Waals surface area contributed by atoms with Gasteiger partial charge in [0.05, 0.1) is 55.3 Å². The predicted molar refractivity (Wildman–Crippen MR) is 238 cm³/mol. The molecule has 0 spiro atoms. The molecule has 0 aromatic carbocycles. The van der Waals surface area contributed by atoms with Gasteiger partial charge < -0.3 is 33.9 Å². The summed E-state index contributed by atoms with van der Waals surface area (Å²) in [6.45, 7) is 10.2. The smallest absolute Gasteiger partial charge is 0.317 e. The van der Waals surface area contributed by atoms with Crippen LogP contribution >= 0.6 is 0 Å². The van der Waals surface area contributed by atoms with E-state index in [9.17, 15) is 34.2 Å². The number of carboxylic acids is 1. The molecule has 25 atom stereocenters. The van der Waals surface area contributed by atoms with Gasteiger partial charge in [-0.05, 0) is 204 Å². The van der Waals surface area contributed by atoms with E-state index in [1.165, 1.54) is 32.1 Å². The Kier molecular flexibility index (Phi) is 12.0. The molecule has 10 aliphatic carbocycles. The van der Waals surface area contributed by atoms with E-state index in [1.54, 1.807) is 6.92 Å². The Morgan fingerprint density at radius 3 is 1.85 bits per heavy atom. The number of aliphatic hydroxyl groups is 1. The number of carboxylic acid groups (broad SMARTS) is 1. The molecule has 25 unspecified atom stereocenters. The molecule has 10 saturated carbocycles. The molecule has 67 heavy (non-hydrogen) atoms. The van der Waals surface area contributed by atoms with Crippen molar-refractivity contribution in [1.29, 1.82) is 0 Å². The van der Waals surface area contributed by atoms with Crippen LogP contribution in [-0.2, 0) is 52.5 Å². The van der Waals surface area contributed by atoms with Crippen LogP contribution in [0.4, 0.5) is 0 Å². The fraction of sp³-hybridized carbons (Fsp3) is 0.889. The summed E-state index contributed by atoms with van der Waals surface area (Å²) < 4.78 is 29.7. The summed E-state index contributed by atoms with van der Waals surface area (Å²) >= 11 is 0. The van der Waals surface area contributed by atoms with E-state index in [0.717, 1.165) is 38.0 Å². The van der Waals surface area contributed by atoms with Gasteiger partial charge in [-0.2, -0.15) is 0 Å². The molecule has 11 fully saturated rings. The van der Waals surface area contributed by atoms with E-state index < -0.39 is 77.1 Å². The van der Waals surface area contributed by atoms with Crippen LogP contribution in [0.2, 0.25) is 0 Å². The van der Waals surface area contributed by atoms with Crippen molar-refractivity contribution in [3.05, 3.63) is 0 Å². The van der Waals surface area contributed by atoms with E-state index in [1.807, 2.05) is 20.8 Å². The summed E-state index contributed by atoms with van der Waals surface area (Å²) in [6.07, 6.45) is 11.9. The van der Waals surface area contributed by atoms with Gasteiger partial charge in [-0.25, -0.2) is 0 Å². The summed E-state index contributed by atoms with van der Waals surface area (Å²) in [6, 6.07) is 0. The second-order valence-electron chi connectivity index (χ2n) is 25.6. The lowest BCUT2D eigenvalue weighted by atomic mass is 9.51. The summed E-state index contributed by atoms with van der Waals surface area (Å²) in [5, 5.41) is 22.5. The lowest BCUT2D eigenvalue weighted by Gasteiger charge is -2.52. The highest BCUT2D eigenvalue weighted by atomic mass is 16.7. The number of aliphatic carboxylic acids is 1. The zero-order chi connectivity index (χ0) is 47.0. The molecule has 0 aromatic heterocycles. The third-order valence-corrected chi connectivity index (χ3v) is 21.6. The Labute approximate surface area is 395 Å². The van der Waals surface area contributed by atoms with Gasteiger partial charge in [-0.15, -0.1) is 0 Å². The van der Waals surface area contributed by atoms with Crippen molar-refractivity contribution in [2.75, 3.05) is 20.0 Å². The average Bonchev–Trinajstić information content (AvgIpc) is 4.13. The molecule has 13 heteroatoms. The molecule has 10 bridgehead atoms. The molecule has 370 valence electrons. The van der Waals surface area contributed by atoms with Crippen LogP contribution in [0.1, 0.15) is 125 Å². The first kappa shape index (κ1) is 46.3. The predicted octanol–water partition coefficient (Wildman–Crippen LogP) is 7.34. The number of rotatable bonds is 15. The molecule has 2 N–H and O–H groups in total. The van der Waals surface area contributed by atoms with E-state index in [4.69, 9.17) is 23.7 Å². The van der Waals surface area contributed by atoms with Crippen LogP contribution in [0.25, 0.3) is 0 Å². The molecule has 1 aliphatic heterocycles. The van der Waals surface area contributed by atoms with Crippen molar-refractivity contribution in [3.8, 4) is 0 Å². The van der Waals surface area contributed by atoms with Crippen molar-refractivity contribution >= 4 is 35.8 Å². The molecular weight excluding hydrogens is 857 g/mol. The minimum Gasteiger partial charge on any atom is -0.481 e. The number of fused-ring (bicyclic) bond motifs is 10. The first-order valence-corrected chi connectivity index (χ1v) is 26.7. The van der Waals surface area contributed by atoms with Gasteiger partial charge in [0.1, 0.15) is 5.60 Å². The number of carbonyl (C=O) groups excluding carboxylic acids is 5. The van der Waals surface area contributed by atoms with Crippen molar-refractivity contribution in [3.63, 3.8) is 0 Å². The third kappa shape index (κ3) is 7.91. The lowest BCUT2D eigenvalue weighted by molar-refractivity contribution is -0.180. The van der Waals surface area contributed by atoms with Crippen LogP contribution in [-0.4, -0.2) is 77.7 Å². The molecule has 11 rings (SSSR count). The zero-order valence-corrected chi connectivity index (χ0v) is 40.3. The van der Waals surface area contributed by atoms with Gasteiger partial charge in [0, 0.05) is 0 Å². The molecule has 0 radical (unpaired) electrons. The Bertz CT molecular complexity index is 1990. The highest BCUT2D eigenvalue weighted by molar-refractivity contribution is 5.96. The number of esters is 5. The zero-order valence-electron chi connectivity index (χ0n) is 40.3. The highest BCUT2D eigenvalue weighted by Gasteiger charge is 2.73. The summed E-state index contributed by atoms with van der Waals surface area (Å²) in [7, 11) is 0. The van der Waals surface area contributed by atoms with Gasteiger partial charge in [0.25, 0.3) is 0 Å². The maximum Gasteiger partial charge on any atom is 0.317 e. The van der Waals surface area contributed by atoms with Crippen LogP contribution in [0.15, 0.2) is 0 Å². The third-order valence-electron chi connectivity index (χ3n) is 21.6. The largest absolute Gasteiger partial charge is 0.481 e. The van der Waals surface area contributed by atoms with Crippen LogP contribution in [0.5, 0.6) is 0 Å². The van der Waals surface area contributed by atoms with Crippen LogP contribution < -0.4 is 0 Å². The van der Waals surface area contributed by atoms with Gasteiger partial charge in [-0.1, -0.05) is 26.7 Å². The monoisotopic (exact) mass is 933 g/mol. The van der Waals surface area contributed by atoms with Gasteiger partial charge in [-0.3, -0.25) is 28.8 Å². The number of carbonyl (C=O) groups is 6. The fourth-order valence-corrected chi connectivity index (χ4v) is 19.5. The Hall–Kier alpha value is -3.06. The standard InChI is InChI=1S/C54H76O13/c1-23-29-14-33(39(55)19-40(56)67-54(3,4)5)34(15-29)41(23)45-37-18-38(46(45)43-30-16-35(36(17-30)49(57)58)44(43)42-24(2)50(59)66-53(42)62)47(51(60)64-21-32-13-26-7-9-28(32)11-26)48(37)52(61)65-22-63-20-31-12-25-6-8-27(31)10-25/h23-39,41-48,55H,6-22H2,1-5H3,(H,57,58).